The van der Waals surface area contributed by atoms with Crippen molar-refractivity contribution in [3.05, 3.63) is 29.8 Å². The first-order valence-electron chi connectivity index (χ1n) is 8.26. The molecular formula is C16H21N7O2S. The number of rotatable bonds is 8. The van der Waals surface area contributed by atoms with Gasteiger partial charge in [-0.25, -0.2) is 4.98 Å². The molecule has 0 aliphatic carbocycles. The van der Waals surface area contributed by atoms with Crippen LogP contribution in [0, 0.1) is 0 Å². The molecule has 10 heteroatoms. The van der Waals surface area contributed by atoms with E-state index in [0.717, 1.165) is 13.0 Å². The number of hydrogen-bond acceptors (Lipinski definition) is 7. The number of ether oxygens (including phenoxy) is 1. The highest BCUT2D eigenvalue weighted by Crippen LogP contribution is 2.24. The number of amides is 1. The second-order valence-corrected chi connectivity index (χ2v) is 6.84. The second-order valence-electron chi connectivity index (χ2n) is 5.99. The van der Waals surface area contributed by atoms with Crippen molar-refractivity contribution in [1.82, 2.24) is 29.5 Å². The fourth-order valence-corrected chi connectivity index (χ4v) is 3.16. The number of thiazole rings is 1. The summed E-state index contributed by atoms with van der Waals surface area (Å²) in [6.07, 6.45) is 5.93. The molecule has 1 N–H and O–H groups in total. The average Bonchev–Trinajstić information content (AvgIpc) is 3.35. The summed E-state index contributed by atoms with van der Waals surface area (Å²) in [4.78, 5) is 16.8. The Labute approximate surface area is 155 Å². The summed E-state index contributed by atoms with van der Waals surface area (Å²) in [6.45, 7) is 5.48. The molecule has 3 rings (SSSR count). The Morgan fingerprint density at radius 1 is 1.42 bits per heavy atom. The van der Waals surface area contributed by atoms with Gasteiger partial charge in [0.25, 0.3) is 5.91 Å². The Morgan fingerprint density at radius 2 is 2.27 bits per heavy atom. The van der Waals surface area contributed by atoms with Crippen molar-refractivity contribution in [3.8, 4) is 10.8 Å². The van der Waals surface area contributed by atoms with E-state index in [1.807, 2.05) is 18.4 Å². The van der Waals surface area contributed by atoms with Gasteiger partial charge >= 0.3 is 0 Å². The summed E-state index contributed by atoms with van der Waals surface area (Å²) in [6, 6.07) is 0.213. The summed E-state index contributed by atoms with van der Waals surface area (Å²) in [5.74, 6) is 0.384. The van der Waals surface area contributed by atoms with Crippen molar-refractivity contribution in [2.45, 2.75) is 32.9 Å². The molecule has 3 aromatic heterocycles. The molecule has 0 saturated carbocycles. The number of methoxy groups -OCH3 is 1. The van der Waals surface area contributed by atoms with Crippen molar-refractivity contribution < 1.29 is 9.53 Å². The lowest BCUT2D eigenvalue weighted by Gasteiger charge is -2.07. The first kappa shape index (κ1) is 18.2. The normalized spacial score (nSPS) is 11.2. The molecule has 3 aromatic rings. The summed E-state index contributed by atoms with van der Waals surface area (Å²) in [5, 5.41) is 17.5. The van der Waals surface area contributed by atoms with Crippen molar-refractivity contribution in [1.29, 1.82) is 0 Å². The lowest BCUT2D eigenvalue weighted by atomic mass is 10.4. The number of carbonyl (C=O) groups is 1. The number of aromatic nitrogens is 6. The Kier molecular flexibility index (Phi) is 5.74. The van der Waals surface area contributed by atoms with Crippen LogP contribution < -0.4 is 5.32 Å². The van der Waals surface area contributed by atoms with Gasteiger partial charge in [0, 0.05) is 37.9 Å². The quantitative estimate of drug-likeness (QED) is 0.607. The number of anilines is 1. The summed E-state index contributed by atoms with van der Waals surface area (Å²) >= 11 is 1.37. The van der Waals surface area contributed by atoms with Crippen LogP contribution in [-0.4, -0.2) is 49.2 Å². The number of nitrogens with one attached hydrogen (secondary N) is 1. The van der Waals surface area contributed by atoms with Crippen LogP contribution in [0.1, 0.15) is 36.8 Å². The number of hydrogen-bond donors (Lipinski definition) is 1. The van der Waals surface area contributed by atoms with Crippen LogP contribution in [0.25, 0.3) is 10.8 Å². The van der Waals surface area contributed by atoms with Crippen molar-refractivity contribution in [2.24, 2.45) is 0 Å². The molecule has 0 aromatic carbocycles. The number of aryl methyl sites for hydroxylation is 1. The van der Waals surface area contributed by atoms with Crippen LogP contribution in [0.5, 0.6) is 0 Å². The predicted octanol–water partition coefficient (Wildman–Crippen LogP) is 2.47. The monoisotopic (exact) mass is 375 g/mol. The van der Waals surface area contributed by atoms with Gasteiger partial charge in [-0.15, -0.1) is 21.5 Å². The van der Waals surface area contributed by atoms with Gasteiger partial charge in [0.2, 0.25) is 0 Å². The molecule has 0 aliphatic rings. The van der Waals surface area contributed by atoms with Gasteiger partial charge in [-0.1, -0.05) is 0 Å². The highest BCUT2D eigenvalue weighted by Gasteiger charge is 2.17. The van der Waals surface area contributed by atoms with Crippen LogP contribution in [-0.2, 0) is 11.3 Å². The maximum atomic E-state index is 12.4. The van der Waals surface area contributed by atoms with E-state index in [1.165, 1.54) is 11.3 Å². The SMILES string of the molecule is COCCCn1cc(NC(=O)c2csc(-c3nncn3C(C)C)n2)cn1. The maximum Gasteiger partial charge on any atom is 0.275 e. The third kappa shape index (κ3) is 4.14. The maximum absolute atomic E-state index is 12.4. The summed E-state index contributed by atoms with van der Waals surface area (Å²) in [5.41, 5.74) is 0.975. The van der Waals surface area contributed by atoms with Crippen LogP contribution in [0.4, 0.5) is 5.69 Å². The lowest BCUT2D eigenvalue weighted by molar-refractivity contribution is 0.102. The highest BCUT2D eigenvalue weighted by atomic mass is 32.1. The molecule has 138 valence electrons. The van der Waals surface area contributed by atoms with Crippen molar-refractivity contribution >= 4 is 22.9 Å². The van der Waals surface area contributed by atoms with E-state index in [9.17, 15) is 4.79 Å². The molecule has 0 spiro atoms. The first-order valence-corrected chi connectivity index (χ1v) is 9.14. The lowest BCUT2D eigenvalue weighted by Crippen LogP contribution is -2.12. The zero-order valence-electron chi connectivity index (χ0n) is 14.9. The smallest absolute Gasteiger partial charge is 0.275 e. The third-order valence-electron chi connectivity index (χ3n) is 3.68. The minimum absolute atomic E-state index is 0.213. The predicted molar refractivity (Wildman–Crippen MR) is 98.2 cm³/mol. The molecule has 9 nitrogen and oxygen atoms in total. The van der Waals surface area contributed by atoms with E-state index in [-0.39, 0.29) is 11.9 Å². The van der Waals surface area contributed by atoms with E-state index in [0.29, 0.717) is 28.8 Å². The number of nitrogens with zero attached hydrogens (tertiary/aromatic N) is 6. The molecule has 0 bridgehead atoms. The third-order valence-corrected chi connectivity index (χ3v) is 4.52. The second kappa shape index (κ2) is 8.19. The zero-order valence-corrected chi connectivity index (χ0v) is 15.7. The molecule has 0 unspecified atom stereocenters. The van der Waals surface area contributed by atoms with Crippen molar-refractivity contribution in [2.75, 3.05) is 19.0 Å². The molecule has 0 aliphatic heterocycles. The van der Waals surface area contributed by atoms with Gasteiger partial charge < -0.3 is 14.6 Å². The minimum atomic E-state index is -0.278. The van der Waals surface area contributed by atoms with Gasteiger partial charge in [-0.2, -0.15) is 5.10 Å². The minimum Gasteiger partial charge on any atom is -0.385 e. The molecule has 0 atom stereocenters. The van der Waals surface area contributed by atoms with E-state index < -0.39 is 0 Å². The first-order chi connectivity index (χ1) is 12.6. The Hall–Kier alpha value is -2.59. The fourth-order valence-electron chi connectivity index (χ4n) is 2.37. The molecule has 3 heterocycles. The highest BCUT2D eigenvalue weighted by molar-refractivity contribution is 7.13. The van der Waals surface area contributed by atoms with Gasteiger partial charge in [0.1, 0.15) is 12.0 Å². The van der Waals surface area contributed by atoms with Gasteiger partial charge in [0.05, 0.1) is 11.9 Å². The number of carbonyl (C=O) groups excluding carboxylic acids is 1. The van der Waals surface area contributed by atoms with Crippen LogP contribution in [0.3, 0.4) is 0 Å². The van der Waals surface area contributed by atoms with Gasteiger partial charge in [-0.05, 0) is 20.3 Å². The van der Waals surface area contributed by atoms with Crippen LogP contribution >= 0.6 is 11.3 Å². The topological polar surface area (TPSA) is 99.8 Å². The molecular weight excluding hydrogens is 354 g/mol. The van der Waals surface area contributed by atoms with Gasteiger partial charge in [0.15, 0.2) is 10.8 Å². The molecule has 0 saturated heterocycles. The summed E-state index contributed by atoms with van der Waals surface area (Å²) in [7, 11) is 1.67. The Morgan fingerprint density at radius 3 is 3.04 bits per heavy atom. The van der Waals surface area contributed by atoms with Gasteiger partial charge in [-0.3, -0.25) is 9.48 Å². The van der Waals surface area contributed by atoms with Crippen molar-refractivity contribution in [3.63, 3.8) is 0 Å². The van der Waals surface area contributed by atoms with E-state index in [2.05, 4.69) is 25.6 Å². The molecule has 0 radical (unpaired) electrons. The average molecular weight is 375 g/mol. The molecule has 1 amide bonds. The zero-order chi connectivity index (χ0) is 18.5. The van der Waals surface area contributed by atoms with E-state index in [1.54, 1.807) is 35.9 Å². The van der Waals surface area contributed by atoms with Crippen LogP contribution in [0.2, 0.25) is 0 Å². The molecule has 26 heavy (non-hydrogen) atoms. The van der Waals surface area contributed by atoms with E-state index in [4.69, 9.17) is 4.74 Å². The largest absolute Gasteiger partial charge is 0.385 e. The van der Waals surface area contributed by atoms with Crippen LogP contribution in [0.15, 0.2) is 24.1 Å². The Bertz CT molecular complexity index is 867. The fraction of sp³-hybridized carbons (Fsp3) is 0.438. The Balaban J connectivity index is 1.66. The van der Waals surface area contributed by atoms with E-state index >= 15 is 0 Å². The molecule has 0 fully saturated rings. The summed E-state index contributed by atoms with van der Waals surface area (Å²) < 4.78 is 8.71. The standard InChI is InChI=1S/C16H21N7O2S/c1-11(2)23-10-17-21-14(23)16-20-13(9-26-16)15(24)19-12-7-18-22(8-12)5-4-6-25-3/h7-11H,4-6H2,1-3H3,(H,19,24).